The monoisotopic (exact) mass is 449 g/mol. The second-order valence-corrected chi connectivity index (χ2v) is 9.10. The highest BCUT2D eigenvalue weighted by Gasteiger charge is 2.50. The van der Waals surface area contributed by atoms with Crippen molar-refractivity contribution in [2.75, 3.05) is 19.9 Å². The van der Waals surface area contributed by atoms with Gasteiger partial charge in [-0.3, -0.25) is 4.79 Å². The van der Waals surface area contributed by atoms with Crippen molar-refractivity contribution in [2.45, 2.75) is 50.7 Å². The molecule has 5 rings (SSSR count). The van der Waals surface area contributed by atoms with Gasteiger partial charge in [0.1, 0.15) is 5.75 Å². The van der Waals surface area contributed by atoms with Gasteiger partial charge in [0.05, 0.1) is 18.2 Å². The van der Waals surface area contributed by atoms with Crippen LogP contribution in [0.3, 0.4) is 0 Å². The molecule has 0 unspecified atom stereocenters. The van der Waals surface area contributed by atoms with Crippen molar-refractivity contribution in [2.24, 2.45) is 5.92 Å². The van der Waals surface area contributed by atoms with Gasteiger partial charge in [-0.1, -0.05) is 37.1 Å². The molecule has 1 saturated carbocycles. The van der Waals surface area contributed by atoms with Crippen LogP contribution < -0.4 is 14.2 Å². The minimum atomic E-state index is -0.736. The van der Waals surface area contributed by atoms with Crippen molar-refractivity contribution in [3.63, 3.8) is 0 Å². The zero-order valence-corrected chi connectivity index (χ0v) is 19.0. The van der Waals surface area contributed by atoms with Gasteiger partial charge >= 0.3 is 0 Å². The lowest BCUT2D eigenvalue weighted by molar-refractivity contribution is -0.151. The van der Waals surface area contributed by atoms with Crippen LogP contribution in [0.5, 0.6) is 17.2 Å². The highest BCUT2D eigenvalue weighted by atomic mass is 16.7. The molecule has 0 bridgehead atoms. The Kier molecular flexibility index (Phi) is 6.02. The molecule has 3 atom stereocenters. The molecule has 0 aromatic heterocycles. The molecule has 2 aromatic carbocycles. The number of ether oxygens (including phenoxy) is 3. The summed E-state index contributed by atoms with van der Waals surface area (Å²) in [4.78, 5) is 15.4. The van der Waals surface area contributed by atoms with E-state index in [9.17, 15) is 9.90 Å². The van der Waals surface area contributed by atoms with Crippen molar-refractivity contribution < 1.29 is 24.1 Å². The van der Waals surface area contributed by atoms with E-state index in [1.165, 1.54) is 0 Å². The maximum atomic E-state index is 13.5. The Bertz CT molecular complexity index is 1050. The Morgan fingerprint density at radius 1 is 1.18 bits per heavy atom. The Morgan fingerprint density at radius 2 is 2.03 bits per heavy atom. The van der Waals surface area contributed by atoms with E-state index >= 15 is 0 Å². The molecule has 6 nitrogen and oxygen atoms in total. The largest absolute Gasteiger partial charge is 0.494 e. The predicted molar refractivity (Wildman–Crippen MR) is 125 cm³/mol. The first kappa shape index (κ1) is 21.8. The molecule has 33 heavy (non-hydrogen) atoms. The van der Waals surface area contributed by atoms with Gasteiger partial charge in [0, 0.05) is 24.1 Å². The third kappa shape index (κ3) is 4.20. The highest BCUT2D eigenvalue weighted by Crippen LogP contribution is 2.51. The van der Waals surface area contributed by atoms with E-state index in [0.717, 1.165) is 48.3 Å². The van der Waals surface area contributed by atoms with Gasteiger partial charge < -0.3 is 24.2 Å². The Balaban J connectivity index is 1.46. The minimum absolute atomic E-state index is 0.00972. The van der Waals surface area contributed by atoms with Gasteiger partial charge in [0.15, 0.2) is 11.5 Å². The number of nitrogens with zero attached hydrogens (tertiary/aromatic N) is 1. The lowest BCUT2D eigenvalue weighted by Crippen LogP contribution is -2.56. The molecule has 1 aliphatic carbocycles. The maximum absolute atomic E-state index is 13.5. The third-order valence-electron chi connectivity index (χ3n) is 7.20. The molecule has 1 saturated heterocycles. The van der Waals surface area contributed by atoms with Crippen molar-refractivity contribution in [1.29, 1.82) is 0 Å². The normalized spacial score (nSPS) is 26.3. The summed E-state index contributed by atoms with van der Waals surface area (Å²) in [5, 5.41) is 11.5. The van der Waals surface area contributed by atoms with Gasteiger partial charge in [0.25, 0.3) is 0 Å². The summed E-state index contributed by atoms with van der Waals surface area (Å²) in [6.07, 6.45) is 7.84. The van der Waals surface area contributed by atoms with Gasteiger partial charge in [-0.15, -0.1) is 0 Å². The lowest BCUT2D eigenvalue weighted by Gasteiger charge is -2.52. The summed E-state index contributed by atoms with van der Waals surface area (Å²) in [5.74, 6) is 2.13. The molecular formula is C27H31NO5. The molecule has 0 radical (unpaired) electrons. The number of rotatable bonds is 5. The fourth-order valence-electron chi connectivity index (χ4n) is 5.61. The smallest absolute Gasteiger partial charge is 0.247 e. The van der Waals surface area contributed by atoms with E-state index in [4.69, 9.17) is 14.2 Å². The van der Waals surface area contributed by atoms with Gasteiger partial charge in [0.2, 0.25) is 12.7 Å². The summed E-state index contributed by atoms with van der Waals surface area (Å²) in [7, 11) is 0. The number of hydrogen-bond acceptors (Lipinski definition) is 5. The first-order valence-corrected chi connectivity index (χ1v) is 11.9. The molecule has 2 fully saturated rings. The van der Waals surface area contributed by atoms with Crippen LogP contribution in [-0.2, 0) is 4.79 Å². The van der Waals surface area contributed by atoms with Gasteiger partial charge in [-0.25, -0.2) is 0 Å². The van der Waals surface area contributed by atoms with Gasteiger partial charge in [-0.2, -0.15) is 0 Å². The molecule has 1 N–H and O–H groups in total. The van der Waals surface area contributed by atoms with Crippen LogP contribution in [0.4, 0.5) is 0 Å². The molecule has 174 valence electrons. The summed E-state index contributed by atoms with van der Waals surface area (Å²) in [5.41, 5.74) is 1.12. The summed E-state index contributed by atoms with van der Waals surface area (Å²) in [6, 6.07) is 13.4. The average Bonchev–Trinajstić information content (AvgIpc) is 3.30. The van der Waals surface area contributed by atoms with Crippen LogP contribution in [0.15, 0.2) is 48.5 Å². The van der Waals surface area contributed by atoms with Crippen LogP contribution in [0, 0.1) is 5.92 Å². The maximum Gasteiger partial charge on any atom is 0.247 e. The van der Waals surface area contributed by atoms with E-state index < -0.39 is 5.60 Å². The van der Waals surface area contributed by atoms with E-state index in [1.807, 2.05) is 60.4 Å². The third-order valence-corrected chi connectivity index (χ3v) is 7.20. The van der Waals surface area contributed by atoms with Crippen LogP contribution in [0.2, 0.25) is 0 Å². The lowest BCUT2D eigenvalue weighted by atomic mass is 9.66. The second kappa shape index (κ2) is 9.10. The number of carbonyl (C=O) groups excluding carboxylic acids is 1. The molecule has 1 amide bonds. The first-order chi connectivity index (χ1) is 16.1. The van der Waals surface area contributed by atoms with Crippen molar-refractivity contribution in [3.8, 4) is 17.2 Å². The van der Waals surface area contributed by atoms with Crippen LogP contribution in [-0.4, -0.2) is 41.5 Å². The number of carbonyl (C=O) groups is 1. The van der Waals surface area contributed by atoms with Crippen molar-refractivity contribution in [3.05, 3.63) is 59.7 Å². The molecule has 2 heterocycles. The van der Waals surface area contributed by atoms with Crippen LogP contribution >= 0.6 is 0 Å². The molecule has 0 spiro atoms. The number of aliphatic hydroxyl groups is 1. The summed E-state index contributed by atoms with van der Waals surface area (Å²) >= 11 is 0. The Labute approximate surface area is 194 Å². The summed E-state index contributed by atoms with van der Waals surface area (Å²) in [6.45, 7) is 3.26. The number of amides is 1. The average molecular weight is 450 g/mol. The van der Waals surface area contributed by atoms with E-state index in [0.29, 0.717) is 25.3 Å². The van der Waals surface area contributed by atoms with Gasteiger partial charge in [-0.05, 0) is 56.0 Å². The standard InChI is InChI=1S/C27H31NO5/c1-2-31-22-9-4-3-7-20(22)26-21-8-5-6-14-27(21,30)15-16-28(26)25(29)13-11-19-10-12-23-24(17-19)33-18-32-23/h3-4,7,9-13,17,21,26,30H,2,5-6,8,14-16,18H2,1H3/t21-,26-,27+/m1/s1. The zero-order chi connectivity index (χ0) is 22.8. The highest BCUT2D eigenvalue weighted by molar-refractivity contribution is 5.92. The Hall–Kier alpha value is -2.99. The number of para-hydroxylation sites is 1. The van der Waals surface area contributed by atoms with E-state index in [2.05, 4.69) is 0 Å². The number of benzene rings is 2. The fraction of sp³-hybridized carbons (Fsp3) is 0.444. The second-order valence-electron chi connectivity index (χ2n) is 9.10. The molecule has 3 aliphatic rings. The number of fused-ring (bicyclic) bond motifs is 2. The summed E-state index contributed by atoms with van der Waals surface area (Å²) < 4.78 is 16.8. The van der Waals surface area contributed by atoms with Crippen molar-refractivity contribution in [1.82, 2.24) is 4.90 Å². The van der Waals surface area contributed by atoms with E-state index in [1.54, 1.807) is 6.08 Å². The number of piperidine rings is 1. The van der Waals surface area contributed by atoms with Crippen LogP contribution in [0.25, 0.3) is 6.08 Å². The minimum Gasteiger partial charge on any atom is -0.494 e. The fourth-order valence-corrected chi connectivity index (χ4v) is 5.61. The van der Waals surface area contributed by atoms with Crippen molar-refractivity contribution >= 4 is 12.0 Å². The topological polar surface area (TPSA) is 68.2 Å². The number of likely N-dealkylation sites (tertiary alicyclic amines) is 1. The molecular weight excluding hydrogens is 418 g/mol. The number of hydrogen-bond donors (Lipinski definition) is 1. The molecule has 2 aliphatic heterocycles. The SMILES string of the molecule is CCOc1ccccc1[C@@H]1[C@H]2CCCC[C@]2(O)CCN1C(=O)C=Cc1ccc2c(c1)OCO2. The Morgan fingerprint density at radius 3 is 2.91 bits per heavy atom. The molecule has 2 aromatic rings. The first-order valence-electron chi connectivity index (χ1n) is 11.9. The predicted octanol–water partition coefficient (Wildman–Crippen LogP) is 4.72. The molecule has 6 heteroatoms. The van der Waals surface area contributed by atoms with Crippen LogP contribution in [0.1, 0.15) is 56.2 Å². The quantitative estimate of drug-likeness (QED) is 0.669. The van der Waals surface area contributed by atoms with E-state index in [-0.39, 0.29) is 24.7 Å². The zero-order valence-electron chi connectivity index (χ0n) is 19.0.